The van der Waals surface area contributed by atoms with E-state index in [0.29, 0.717) is 11.3 Å². The minimum Gasteiger partial charge on any atom is -0.370 e. The van der Waals surface area contributed by atoms with Gasteiger partial charge < -0.3 is 15.6 Å². The topological polar surface area (TPSA) is 82.7 Å². The van der Waals surface area contributed by atoms with Gasteiger partial charge in [0.25, 0.3) is 5.91 Å². The average Bonchev–Trinajstić information content (AvgIpc) is 3.05. The van der Waals surface area contributed by atoms with Gasteiger partial charge in [0.2, 0.25) is 0 Å². The van der Waals surface area contributed by atoms with Gasteiger partial charge >= 0.3 is 6.18 Å². The van der Waals surface area contributed by atoms with Gasteiger partial charge in [-0.2, -0.15) is 13.2 Å². The van der Waals surface area contributed by atoms with Crippen molar-refractivity contribution in [1.29, 1.82) is 0 Å². The lowest BCUT2D eigenvalue weighted by Crippen LogP contribution is -2.27. The molecule has 2 heterocycles. The van der Waals surface area contributed by atoms with Crippen LogP contribution in [0.3, 0.4) is 0 Å². The molecule has 3 rings (SSSR count). The number of aromatic amines is 1. The van der Waals surface area contributed by atoms with Crippen LogP contribution in [0.25, 0.3) is 11.0 Å². The number of pyridine rings is 1. The lowest BCUT2D eigenvalue weighted by Gasteiger charge is -2.14. The second-order valence-corrected chi connectivity index (χ2v) is 6.01. The number of imidazole rings is 1. The monoisotopic (exact) mass is 377 g/mol. The second kappa shape index (κ2) is 7.26. The maximum atomic E-state index is 12.8. The Bertz CT molecular complexity index is 967. The number of benzene rings is 1. The number of fused-ring (bicyclic) bond motifs is 1. The third-order valence-corrected chi connectivity index (χ3v) is 4.01. The van der Waals surface area contributed by atoms with Gasteiger partial charge in [-0.05, 0) is 49.7 Å². The number of aromatic nitrogens is 3. The maximum absolute atomic E-state index is 12.8. The molecule has 0 radical (unpaired) electrons. The Hall–Kier alpha value is -3.10. The van der Waals surface area contributed by atoms with Crippen LogP contribution in [0.2, 0.25) is 0 Å². The predicted molar refractivity (Wildman–Crippen MR) is 95.4 cm³/mol. The molecule has 1 unspecified atom stereocenters. The van der Waals surface area contributed by atoms with Crippen LogP contribution >= 0.6 is 0 Å². The summed E-state index contributed by atoms with van der Waals surface area (Å²) in [5, 5.41) is 5.87. The van der Waals surface area contributed by atoms with Crippen LogP contribution in [0.5, 0.6) is 0 Å². The molecule has 1 aromatic carbocycles. The van der Waals surface area contributed by atoms with Crippen molar-refractivity contribution in [1.82, 2.24) is 20.3 Å². The standard InChI is InChI=1S/C18H18F3N5O/c1-3-22-15-8-11(6-7-23-15)10(2)24-17(27)16-25-13-5-4-12(18(19,20)21)9-14(13)26-16/h4-10H,3H2,1-2H3,(H,22,23)(H,24,27)(H,25,26). The van der Waals surface area contributed by atoms with Gasteiger partial charge in [-0.15, -0.1) is 0 Å². The largest absolute Gasteiger partial charge is 0.416 e. The van der Waals surface area contributed by atoms with Gasteiger partial charge in [0, 0.05) is 12.7 Å². The van der Waals surface area contributed by atoms with E-state index in [4.69, 9.17) is 0 Å². The molecule has 0 aliphatic carbocycles. The highest BCUT2D eigenvalue weighted by Gasteiger charge is 2.31. The van der Waals surface area contributed by atoms with Crippen molar-refractivity contribution in [3.05, 3.63) is 53.5 Å². The Morgan fingerprint density at radius 2 is 2.04 bits per heavy atom. The van der Waals surface area contributed by atoms with Gasteiger partial charge in [0.1, 0.15) is 5.82 Å². The Morgan fingerprint density at radius 1 is 1.26 bits per heavy atom. The number of rotatable bonds is 5. The normalized spacial score (nSPS) is 12.8. The molecule has 0 aliphatic rings. The van der Waals surface area contributed by atoms with Gasteiger partial charge in [-0.1, -0.05) is 0 Å². The molecule has 0 fully saturated rings. The number of alkyl halides is 3. The fourth-order valence-corrected chi connectivity index (χ4v) is 2.64. The average molecular weight is 377 g/mol. The molecule has 6 nitrogen and oxygen atoms in total. The first-order valence-corrected chi connectivity index (χ1v) is 8.35. The number of anilines is 1. The SMILES string of the molecule is CCNc1cc(C(C)NC(=O)c2nc3ccc(C(F)(F)F)cc3[nH]2)ccn1. The molecule has 0 aliphatic heterocycles. The molecule has 1 atom stereocenters. The summed E-state index contributed by atoms with van der Waals surface area (Å²) in [6.07, 6.45) is -2.82. The van der Waals surface area contributed by atoms with E-state index in [1.807, 2.05) is 13.0 Å². The van der Waals surface area contributed by atoms with Crippen LogP contribution in [0.15, 0.2) is 36.5 Å². The van der Waals surface area contributed by atoms with Crippen molar-refractivity contribution in [2.75, 3.05) is 11.9 Å². The van der Waals surface area contributed by atoms with Crippen LogP contribution < -0.4 is 10.6 Å². The molecule has 1 amide bonds. The minimum atomic E-state index is -4.46. The van der Waals surface area contributed by atoms with Crippen molar-refractivity contribution >= 4 is 22.8 Å². The molecule has 0 saturated carbocycles. The van der Waals surface area contributed by atoms with Crippen molar-refractivity contribution in [3.63, 3.8) is 0 Å². The molecule has 2 aromatic heterocycles. The summed E-state index contributed by atoms with van der Waals surface area (Å²) in [5.41, 5.74) is 0.483. The number of nitrogens with zero attached hydrogens (tertiary/aromatic N) is 2. The van der Waals surface area contributed by atoms with E-state index in [0.717, 1.165) is 24.2 Å². The van der Waals surface area contributed by atoms with Crippen LogP contribution in [-0.2, 0) is 6.18 Å². The van der Waals surface area contributed by atoms with E-state index in [-0.39, 0.29) is 17.4 Å². The number of hydrogen-bond acceptors (Lipinski definition) is 4. The van der Waals surface area contributed by atoms with Crippen LogP contribution in [-0.4, -0.2) is 27.4 Å². The molecule has 0 saturated heterocycles. The second-order valence-electron chi connectivity index (χ2n) is 6.01. The molecule has 0 spiro atoms. The van der Waals surface area contributed by atoms with E-state index in [1.165, 1.54) is 6.07 Å². The molecule has 142 valence electrons. The number of amides is 1. The van der Waals surface area contributed by atoms with Gasteiger partial charge in [-0.3, -0.25) is 4.79 Å². The minimum absolute atomic E-state index is 0.0443. The number of H-pyrrole nitrogens is 1. The van der Waals surface area contributed by atoms with Crippen LogP contribution in [0.4, 0.5) is 19.0 Å². The summed E-state index contributed by atoms with van der Waals surface area (Å²) >= 11 is 0. The summed E-state index contributed by atoms with van der Waals surface area (Å²) in [6, 6.07) is 6.38. The third kappa shape index (κ3) is 4.18. The number of halogens is 3. The Kier molecular flexibility index (Phi) is 5.02. The van der Waals surface area contributed by atoms with Gasteiger partial charge in [0.05, 0.1) is 22.6 Å². The van der Waals surface area contributed by atoms with Gasteiger partial charge in [-0.25, -0.2) is 9.97 Å². The first kappa shape index (κ1) is 18.7. The quantitative estimate of drug-likeness (QED) is 0.630. The highest BCUT2D eigenvalue weighted by Crippen LogP contribution is 2.30. The predicted octanol–water partition coefficient (Wildman–Crippen LogP) is 3.90. The molecule has 0 bridgehead atoms. The lowest BCUT2D eigenvalue weighted by atomic mass is 10.1. The molecule has 27 heavy (non-hydrogen) atoms. The van der Waals surface area contributed by atoms with E-state index in [9.17, 15) is 18.0 Å². The first-order chi connectivity index (χ1) is 12.8. The van der Waals surface area contributed by atoms with Crippen LogP contribution in [0.1, 0.15) is 41.6 Å². The summed E-state index contributed by atoms with van der Waals surface area (Å²) in [6.45, 7) is 4.47. The van der Waals surface area contributed by atoms with Crippen molar-refractivity contribution < 1.29 is 18.0 Å². The number of nitrogens with one attached hydrogen (secondary N) is 3. The maximum Gasteiger partial charge on any atom is 0.416 e. The van der Waals surface area contributed by atoms with Gasteiger partial charge in [0.15, 0.2) is 5.82 Å². The summed E-state index contributed by atoms with van der Waals surface area (Å²) < 4.78 is 38.4. The van der Waals surface area contributed by atoms with E-state index in [2.05, 4.69) is 25.6 Å². The van der Waals surface area contributed by atoms with E-state index < -0.39 is 17.6 Å². The zero-order chi connectivity index (χ0) is 19.6. The molecule has 3 N–H and O–H groups in total. The fourth-order valence-electron chi connectivity index (χ4n) is 2.64. The number of hydrogen-bond donors (Lipinski definition) is 3. The van der Waals surface area contributed by atoms with Crippen LogP contribution in [0, 0.1) is 0 Å². The molecule has 3 aromatic rings. The molecular weight excluding hydrogens is 359 g/mol. The van der Waals surface area contributed by atoms with Crippen molar-refractivity contribution in [2.24, 2.45) is 0 Å². The van der Waals surface area contributed by atoms with E-state index in [1.54, 1.807) is 19.2 Å². The number of carbonyl (C=O) groups excluding carboxylic acids is 1. The van der Waals surface area contributed by atoms with E-state index >= 15 is 0 Å². The van der Waals surface area contributed by atoms with Crippen molar-refractivity contribution in [3.8, 4) is 0 Å². The fraction of sp³-hybridized carbons (Fsp3) is 0.278. The number of carbonyl (C=O) groups is 1. The zero-order valence-corrected chi connectivity index (χ0v) is 14.7. The van der Waals surface area contributed by atoms with Crippen molar-refractivity contribution in [2.45, 2.75) is 26.1 Å². The molecular formula is C18H18F3N5O. The Labute approximate surface area is 153 Å². The summed E-state index contributed by atoms with van der Waals surface area (Å²) in [4.78, 5) is 23.3. The Balaban J connectivity index is 1.78. The first-order valence-electron chi connectivity index (χ1n) is 8.35. The zero-order valence-electron chi connectivity index (χ0n) is 14.7. The smallest absolute Gasteiger partial charge is 0.370 e. The summed E-state index contributed by atoms with van der Waals surface area (Å²) in [5.74, 6) is 0.144. The summed E-state index contributed by atoms with van der Waals surface area (Å²) in [7, 11) is 0. The lowest BCUT2D eigenvalue weighted by molar-refractivity contribution is -0.137. The highest BCUT2D eigenvalue weighted by molar-refractivity contribution is 5.94. The Morgan fingerprint density at radius 3 is 2.74 bits per heavy atom. The third-order valence-electron chi connectivity index (χ3n) is 4.01. The molecule has 9 heteroatoms. The highest BCUT2D eigenvalue weighted by atomic mass is 19.4.